The molecule has 1 aliphatic rings. The molecule has 4 nitrogen and oxygen atoms in total. The summed E-state index contributed by atoms with van der Waals surface area (Å²) in [5.41, 5.74) is 4.90. The average molecular weight is 387 g/mol. The van der Waals surface area contributed by atoms with E-state index in [1.807, 2.05) is 45.0 Å². The van der Waals surface area contributed by atoms with Gasteiger partial charge in [-0.15, -0.1) is 0 Å². The van der Waals surface area contributed by atoms with Gasteiger partial charge in [-0.1, -0.05) is 48.4 Å². The fourth-order valence-corrected chi connectivity index (χ4v) is 5.52. The maximum Gasteiger partial charge on any atom is 0.241 e. The van der Waals surface area contributed by atoms with E-state index < -0.39 is 10.0 Å². The van der Waals surface area contributed by atoms with Gasteiger partial charge >= 0.3 is 0 Å². The number of sulfonamides is 1. The molecule has 0 amide bonds. The first kappa shape index (κ1) is 20.1. The molecule has 0 bridgehead atoms. The summed E-state index contributed by atoms with van der Waals surface area (Å²) in [6.45, 7) is 9.25. The molecule has 0 aliphatic carbocycles. The zero-order chi connectivity index (χ0) is 19.4. The second-order valence-electron chi connectivity index (χ2n) is 7.71. The van der Waals surface area contributed by atoms with Gasteiger partial charge in [0.2, 0.25) is 10.0 Å². The maximum absolute atomic E-state index is 12.8. The fourth-order valence-electron chi connectivity index (χ4n) is 4.05. The van der Waals surface area contributed by atoms with E-state index in [9.17, 15) is 8.42 Å². The van der Waals surface area contributed by atoms with Crippen molar-refractivity contribution in [1.29, 1.82) is 0 Å². The maximum atomic E-state index is 12.8. The summed E-state index contributed by atoms with van der Waals surface area (Å²) in [6, 6.07) is 12.1. The summed E-state index contributed by atoms with van der Waals surface area (Å²) < 4.78 is 28.5. The van der Waals surface area contributed by atoms with Crippen molar-refractivity contribution in [2.75, 3.05) is 13.1 Å². The van der Waals surface area contributed by atoms with Gasteiger partial charge in [0, 0.05) is 13.1 Å². The molecule has 0 radical (unpaired) electrons. The number of piperidine rings is 1. The van der Waals surface area contributed by atoms with Gasteiger partial charge in [-0.2, -0.15) is 0 Å². The number of nitrogens with zero attached hydrogens (tertiary/aromatic N) is 1. The molecule has 1 aliphatic heterocycles. The first-order valence-electron chi connectivity index (χ1n) is 9.73. The highest BCUT2D eigenvalue weighted by Crippen LogP contribution is 2.22. The topological polar surface area (TPSA) is 49.4 Å². The Balaban J connectivity index is 1.70. The van der Waals surface area contributed by atoms with Gasteiger partial charge in [-0.25, -0.2) is 13.1 Å². The van der Waals surface area contributed by atoms with Gasteiger partial charge in [-0.05, 0) is 69.0 Å². The third kappa shape index (κ3) is 5.18. The number of rotatable bonds is 6. The summed E-state index contributed by atoms with van der Waals surface area (Å²) in [5.74, 6) is 0. The summed E-state index contributed by atoms with van der Waals surface area (Å²) >= 11 is 0. The second-order valence-corrected chi connectivity index (χ2v) is 9.41. The van der Waals surface area contributed by atoms with Crippen LogP contribution in [0.15, 0.2) is 41.3 Å². The molecule has 3 rings (SSSR count). The van der Waals surface area contributed by atoms with Crippen LogP contribution in [-0.2, 0) is 23.1 Å². The normalized spacial score (nSPS) is 15.8. The highest BCUT2D eigenvalue weighted by atomic mass is 32.2. The number of benzene rings is 2. The van der Waals surface area contributed by atoms with Crippen LogP contribution in [0.3, 0.4) is 0 Å². The highest BCUT2D eigenvalue weighted by Gasteiger charge is 2.19. The third-order valence-electron chi connectivity index (χ3n) is 5.19. The molecular weight excluding hydrogens is 356 g/mol. The van der Waals surface area contributed by atoms with Crippen LogP contribution < -0.4 is 4.72 Å². The Kier molecular flexibility index (Phi) is 6.35. The van der Waals surface area contributed by atoms with Crippen LogP contribution in [0.25, 0.3) is 0 Å². The number of hydrogen-bond donors (Lipinski definition) is 1. The van der Waals surface area contributed by atoms with Crippen LogP contribution in [0, 0.1) is 20.8 Å². The first-order valence-corrected chi connectivity index (χ1v) is 11.2. The van der Waals surface area contributed by atoms with E-state index in [1.54, 1.807) is 0 Å². The Labute approximate surface area is 163 Å². The Morgan fingerprint density at radius 3 is 2.22 bits per heavy atom. The van der Waals surface area contributed by atoms with E-state index in [2.05, 4.69) is 21.8 Å². The molecule has 1 fully saturated rings. The van der Waals surface area contributed by atoms with E-state index in [0.29, 0.717) is 11.4 Å². The zero-order valence-corrected chi connectivity index (χ0v) is 17.4. The summed E-state index contributed by atoms with van der Waals surface area (Å²) in [4.78, 5) is 2.88. The van der Waals surface area contributed by atoms with Crippen LogP contribution in [0.1, 0.15) is 47.1 Å². The Morgan fingerprint density at radius 2 is 1.56 bits per heavy atom. The van der Waals surface area contributed by atoms with Gasteiger partial charge in [0.05, 0.1) is 4.90 Å². The average Bonchev–Trinajstić information content (AvgIpc) is 2.60. The molecule has 1 saturated heterocycles. The Hall–Kier alpha value is -1.69. The lowest BCUT2D eigenvalue weighted by atomic mass is 10.1. The van der Waals surface area contributed by atoms with E-state index in [1.165, 1.54) is 24.8 Å². The predicted molar refractivity (Wildman–Crippen MR) is 110 cm³/mol. The molecule has 2 aromatic rings. The zero-order valence-electron chi connectivity index (χ0n) is 16.6. The minimum atomic E-state index is -3.54. The lowest BCUT2D eigenvalue weighted by molar-refractivity contribution is 0.221. The molecule has 0 atom stereocenters. The number of aryl methyl sites for hydroxylation is 3. The second kappa shape index (κ2) is 8.55. The van der Waals surface area contributed by atoms with Crippen molar-refractivity contribution in [3.05, 3.63) is 64.2 Å². The summed E-state index contributed by atoms with van der Waals surface area (Å²) in [5, 5.41) is 0. The smallest absolute Gasteiger partial charge is 0.241 e. The minimum absolute atomic E-state index is 0.308. The van der Waals surface area contributed by atoms with Gasteiger partial charge in [0.15, 0.2) is 0 Å². The van der Waals surface area contributed by atoms with Gasteiger partial charge < -0.3 is 0 Å². The SMILES string of the molecule is Cc1cc(C)c(S(=O)(=O)NCc2cccc(CN3CCCCC3)c2)c(C)c1. The molecule has 2 aromatic carbocycles. The summed E-state index contributed by atoms with van der Waals surface area (Å²) in [6.07, 6.45) is 3.87. The largest absolute Gasteiger partial charge is 0.299 e. The molecule has 0 spiro atoms. The number of likely N-dealkylation sites (tertiary alicyclic amines) is 1. The van der Waals surface area contributed by atoms with E-state index in [0.717, 1.165) is 41.9 Å². The lowest BCUT2D eigenvalue weighted by Gasteiger charge is -2.26. The van der Waals surface area contributed by atoms with Gasteiger partial charge in [0.1, 0.15) is 0 Å². The van der Waals surface area contributed by atoms with Crippen molar-refractivity contribution in [2.24, 2.45) is 0 Å². The predicted octanol–water partition coefficient (Wildman–Crippen LogP) is 4.08. The molecule has 5 heteroatoms. The molecule has 27 heavy (non-hydrogen) atoms. The van der Waals surface area contributed by atoms with Gasteiger partial charge in [0.25, 0.3) is 0 Å². The van der Waals surface area contributed by atoms with Crippen molar-refractivity contribution in [1.82, 2.24) is 9.62 Å². The molecule has 1 heterocycles. The van der Waals surface area contributed by atoms with Crippen molar-refractivity contribution >= 4 is 10.0 Å². The highest BCUT2D eigenvalue weighted by molar-refractivity contribution is 7.89. The quantitative estimate of drug-likeness (QED) is 0.814. The Morgan fingerprint density at radius 1 is 0.926 bits per heavy atom. The van der Waals surface area contributed by atoms with Crippen LogP contribution in [0.2, 0.25) is 0 Å². The van der Waals surface area contributed by atoms with Crippen molar-refractivity contribution in [3.63, 3.8) is 0 Å². The standard InChI is InChI=1S/C22H30N2O2S/c1-17-12-18(2)22(19(3)13-17)27(25,26)23-15-20-8-7-9-21(14-20)16-24-10-5-4-6-11-24/h7-9,12-14,23H,4-6,10-11,15-16H2,1-3H3. The van der Waals surface area contributed by atoms with Crippen LogP contribution in [0.4, 0.5) is 0 Å². The number of hydrogen-bond acceptors (Lipinski definition) is 3. The molecule has 0 unspecified atom stereocenters. The van der Waals surface area contributed by atoms with Crippen LogP contribution in [0.5, 0.6) is 0 Å². The van der Waals surface area contributed by atoms with Crippen molar-refractivity contribution in [2.45, 2.75) is 58.0 Å². The van der Waals surface area contributed by atoms with Crippen LogP contribution in [-0.4, -0.2) is 26.4 Å². The first-order chi connectivity index (χ1) is 12.8. The van der Waals surface area contributed by atoms with Crippen LogP contribution >= 0.6 is 0 Å². The molecule has 0 aromatic heterocycles. The minimum Gasteiger partial charge on any atom is -0.299 e. The molecule has 146 valence electrons. The third-order valence-corrected chi connectivity index (χ3v) is 6.89. The monoisotopic (exact) mass is 386 g/mol. The van der Waals surface area contributed by atoms with E-state index >= 15 is 0 Å². The summed E-state index contributed by atoms with van der Waals surface area (Å²) in [7, 11) is -3.54. The van der Waals surface area contributed by atoms with E-state index in [4.69, 9.17) is 0 Å². The molecular formula is C22H30N2O2S. The molecule has 1 N–H and O–H groups in total. The van der Waals surface area contributed by atoms with E-state index in [-0.39, 0.29) is 0 Å². The molecule has 0 saturated carbocycles. The fraction of sp³-hybridized carbons (Fsp3) is 0.455. The number of nitrogens with one attached hydrogen (secondary N) is 1. The Bertz CT molecular complexity index is 877. The van der Waals surface area contributed by atoms with Gasteiger partial charge in [-0.3, -0.25) is 4.90 Å². The lowest BCUT2D eigenvalue weighted by Crippen LogP contribution is -2.29. The van der Waals surface area contributed by atoms with Crippen molar-refractivity contribution in [3.8, 4) is 0 Å². The van der Waals surface area contributed by atoms with Crippen molar-refractivity contribution < 1.29 is 8.42 Å².